The lowest BCUT2D eigenvalue weighted by molar-refractivity contribution is -0.131. The number of carbonyl (C=O) groups is 1. The lowest BCUT2D eigenvalue weighted by Gasteiger charge is -2.36. The van der Waals surface area contributed by atoms with Crippen molar-refractivity contribution in [1.29, 1.82) is 0 Å². The van der Waals surface area contributed by atoms with Crippen LogP contribution in [0.3, 0.4) is 0 Å². The van der Waals surface area contributed by atoms with Crippen molar-refractivity contribution in [3.8, 4) is 5.75 Å². The summed E-state index contributed by atoms with van der Waals surface area (Å²) in [6.07, 6.45) is 6.97. The van der Waals surface area contributed by atoms with Gasteiger partial charge in [-0.05, 0) is 49.2 Å². The highest BCUT2D eigenvalue weighted by atomic mass is 35.5. The highest BCUT2D eigenvalue weighted by molar-refractivity contribution is 6.31. The fourth-order valence-electron chi connectivity index (χ4n) is 5.22. The van der Waals surface area contributed by atoms with Gasteiger partial charge in [-0.2, -0.15) is 0 Å². The Morgan fingerprint density at radius 3 is 2.69 bits per heavy atom. The SMILES string of the molecule is COc1ccccc1N1CCN(C(=O)CCCN2CC=C(c3c[nH]c4cc(Cl)ccc34)CC2)CC1. The van der Waals surface area contributed by atoms with Crippen LogP contribution >= 0.6 is 11.6 Å². The third-order valence-electron chi connectivity index (χ3n) is 7.21. The number of aromatic nitrogens is 1. The predicted octanol–water partition coefficient (Wildman–Crippen LogP) is 5.05. The van der Waals surface area contributed by atoms with Gasteiger partial charge in [0.05, 0.1) is 12.8 Å². The summed E-state index contributed by atoms with van der Waals surface area (Å²) in [4.78, 5) is 22.9. The van der Waals surface area contributed by atoms with Crippen molar-refractivity contribution in [3.63, 3.8) is 0 Å². The molecule has 0 atom stereocenters. The molecule has 1 saturated heterocycles. The van der Waals surface area contributed by atoms with Crippen LogP contribution in [-0.2, 0) is 4.79 Å². The largest absolute Gasteiger partial charge is 0.495 e. The van der Waals surface area contributed by atoms with Crippen LogP contribution < -0.4 is 9.64 Å². The van der Waals surface area contributed by atoms with Crippen molar-refractivity contribution in [2.24, 2.45) is 0 Å². The molecule has 3 heterocycles. The standard InChI is InChI=1S/C28H33ClN4O2/c1-35-27-6-3-2-5-26(27)32-15-17-33(18-16-32)28(34)7-4-12-31-13-10-21(11-14-31)24-20-30-25-19-22(29)8-9-23(24)25/h2-3,5-6,8-10,19-20,30H,4,7,11-18H2,1H3. The molecule has 5 rings (SSSR count). The van der Waals surface area contributed by atoms with Crippen molar-refractivity contribution in [1.82, 2.24) is 14.8 Å². The topological polar surface area (TPSA) is 51.8 Å². The van der Waals surface area contributed by atoms with E-state index in [0.29, 0.717) is 6.42 Å². The van der Waals surface area contributed by atoms with E-state index in [4.69, 9.17) is 16.3 Å². The number of nitrogens with one attached hydrogen (secondary N) is 1. The summed E-state index contributed by atoms with van der Waals surface area (Å²) in [5.74, 6) is 1.16. The smallest absolute Gasteiger partial charge is 0.222 e. The number of benzene rings is 2. The number of fused-ring (bicyclic) bond motifs is 1. The number of hydrogen-bond donors (Lipinski definition) is 1. The van der Waals surface area contributed by atoms with E-state index in [1.165, 1.54) is 16.5 Å². The Hall–Kier alpha value is -2.96. The number of anilines is 1. The Bertz CT molecular complexity index is 1210. The molecule has 2 aliphatic heterocycles. The molecule has 1 N–H and O–H groups in total. The monoisotopic (exact) mass is 492 g/mol. The number of piperazine rings is 1. The number of H-pyrrole nitrogens is 1. The summed E-state index contributed by atoms with van der Waals surface area (Å²) in [7, 11) is 1.70. The van der Waals surface area contributed by atoms with Gasteiger partial charge in [-0.25, -0.2) is 0 Å². The number of carbonyl (C=O) groups excluding carboxylic acids is 1. The van der Waals surface area contributed by atoms with E-state index in [1.54, 1.807) is 7.11 Å². The minimum atomic E-state index is 0.273. The molecule has 1 fully saturated rings. The first-order chi connectivity index (χ1) is 17.1. The van der Waals surface area contributed by atoms with E-state index >= 15 is 0 Å². The average molecular weight is 493 g/mol. The van der Waals surface area contributed by atoms with Gasteiger partial charge in [-0.15, -0.1) is 0 Å². The summed E-state index contributed by atoms with van der Waals surface area (Å²) in [6.45, 7) is 6.13. The Morgan fingerprint density at radius 2 is 1.91 bits per heavy atom. The van der Waals surface area contributed by atoms with Crippen molar-refractivity contribution in [2.75, 3.05) is 57.8 Å². The highest BCUT2D eigenvalue weighted by Gasteiger charge is 2.23. The van der Waals surface area contributed by atoms with E-state index in [-0.39, 0.29) is 5.91 Å². The van der Waals surface area contributed by atoms with Crippen LogP contribution in [0.25, 0.3) is 16.5 Å². The maximum atomic E-state index is 12.8. The van der Waals surface area contributed by atoms with Gasteiger partial charge in [-0.3, -0.25) is 9.69 Å². The average Bonchev–Trinajstić information content (AvgIpc) is 3.32. The van der Waals surface area contributed by atoms with Crippen LogP contribution in [0.4, 0.5) is 5.69 Å². The maximum absolute atomic E-state index is 12.8. The molecule has 0 saturated carbocycles. The summed E-state index contributed by atoms with van der Waals surface area (Å²) < 4.78 is 5.50. The summed E-state index contributed by atoms with van der Waals surface area (Å²) >= 11 is 6.12. The minimum absolute atomic E-state index is 0.273. The van der Waals surface area contributed by atoms with Crippen LogP contribution in [0.1, 0.15) is 24.8 Å². The maximum Gasteiger partial charge on any atom is 0.222 e. The molecule has 2 aromatic carbocycles. The zero-order valence-electron chi connectivity index (χ0n) is 20.3. The van der Waals surface area contributed by atoms with E-state index in [9.17, 15) is 4.79 Å². The number of methoxy groups -OCH3 is 1. The second kappa shape index (κ2) is 10.8. The number of amides is 1. The molecule has 1 aromatic heterocycles. The van der Waals surface area contributed by atoms with Crippen LogP contribution in [-0.4, -0.2) is 73.6 Å². The highest BCUT2D eigenvalue weighted by Crippen LogP contribution is 2.31. The van der Waals surface area contributed by atoms with E-state index in [2.05, 4.69) is 39.2 Å². The van der Waals surface area contributed by atoms with E-state index < -0.39 is 0 Å². The summed E-state index contributed by atoms with van der Waals surface area (Å²) in [5, 5.41) is 1.98. The third-order valence-corrected chi connectivity index (χ3v) is 7.44. The number of aromatic amines is 1. The van der Waals surface area contributed by atoms with Gasteiger partial charge in [0.25, 0.3) is 0 Å². The second-order valence-corrected chi connectivity index (χ2v) is 9.75. The molecule has 7 heteroatoms. The molecule has 0 aliphatic carbocycles. The second-order valence-electron chi connectivity index (χ2n) is 9.32. The van der Waals surface area contributed by atoms with E-state index in [0.717, 1.165) is 80.6 Å². The number of nitrogens with zero attached hydrogens (tertiary/aromatic N) is 3. The fourth-order valence-corrected chi connectivity index (χ4v) is 5.39. The Balaban J connectivity index is 1.07. The minimum Gasteiger partial charge on any atom is -0.495 e. The molecule has 0 radical (unpaired) electrons. The summed E-state index contributed by atoms with van der Waals surface area (Å²) in [5.41, 5.74) is 4.85. The van der Waals surface area contributed by atoms with Gasteiger partial charge in [0.2, 0.25) is 5.91 Å². The number of ether oxygens (including phenoxy) is 1. The molecule has 184 valence electrons. The molecule has 2 aliphatic rings. The number of halogens is 1. The lowest BCUT2D eigenvalue weighted by atomic mass is 9.99. The first-order valence-electron chi connectivity index (χ1n) is 12.5. The number of rotatable bonds is 7. The first kappa shape index (κ1) is 23.8. The quantitative estimate of drug-likeness (QED) is 0.501. The molecular weight excluding hydrogens is 460 g/mol. The van der Waals surface area contributed by atoms with Gasteiger partial charge < -0.3 is 19.5 Å². The molecule has 0 bridgehead atoms. The first-order valence-corrected chi connectivity index (χ1v) is 12.8. The lowest BCUT2D eigenvalue weighted by Crippen LogP contribution is -2.49. The fraction of sp³-hybridized carbons (Fsp3) is 0.393. The van der Waals surface area contributed by atoms with Crippen molar-refractivity contribution in [3.05, 3.63) is 65.3 Å². The molecule has 35 heavy (non-hydrogen) atoms. The molecule has 6 nitrogen and oxygen atoms in total. The van der Waals surface area contributed by atoms with Gasteiger partial charge in [-0.1, -0.05) is 35.9 Å². The molecular formula is C28H33ClN4O2. The zero-order chi connectivity index (χ0) is 24.2. The Morgan fingerprint density at radius 1 is 1.09 bits per heavy atom. The van der Waals surface area contributed by atoms with E-state index in [1.807, 2.05) is 35.2 Å². The molecule has 0 unspecified atom stereocenters. The third kappa shape index (κ3) is 5.34. The van der Waals surface area contributed by atoms with Gasteiger partial charge >= 0.3 is 0 Å². The van der Waals surface area contributed by atoms with Gasteiger partial charge in [0, 0.05) is 73.4 Å². The van der Waals surface area contributed by atoms with Crippen molar-refractivity contribution < 1.29 is 9.53 Å². The molecule has 1 amide bonds. The molecule has 3 aromatic rings. The number of hydrogen-bond acceptors (Lipinski definition) is 4. The van der Waals surface area contributed by atoms with Crippen molar-refractivity contribution >= 4 is 39.7 Å². The van der Waals surface area contributed by atoms with Crippen molar-refractivity contribution in [2.45, 2.75) is 19.3 Å². The van der Waals surface area contributed by atoms with Gasteiger partial charge in [0.15, 0.2) is 0 Å². The number of para-hydroxylation sites is 2. The zero-order valence-corrected chi connectivity index (χ0v) is 21.1. The van der Waals surface area contributed by atoms with Crippen LogP contribution in [0, 0.1) is 0 Å². The molecule has 0 spiro atoms. The van der Waals surface area contributed by atoms with Crippen LogP contribution in [0.5, 0.6) is 5.75 Å². The van der Waals surface area contributed by atoms with Gasteiger partial charge in [0.1, 0.15) is 5.75 Å². The Kier molecular flexibility index (Phi) is 7.30. The van der Waals surface area contributed by atoms with Crippen LogP contribution in [0.15, 0.2) is 54.7 Å². The van der Waals surface area contributed by atoms with Crippen LogP contribution in [0.2, 0.25) is 5.02 Å². The summed E-state index contributed by atoms with van der Waals surface area (Å²) in [6, 6.07) is 14.1. The predicted molar refractivity (Wildman–Crippen MR) is 143 cm³/mol. The Labute approximate surface area is 212 Å². The normalized spacial score (nSPS) is 17.0.